The Morgan fingerprint density at radius 2 is 1.85 bits per heavy atom. The van der Waals surface area contributed by atoms with E-state index in [-0.39, 0.29) is 17.5 Å². The topological polar surface area (TPSA) is 79.9 Å². The van der Waals surface area contributed by atoms with Gasteiger partial charge in [0, 0.05) is 38.3 Å². The second-order valence-corrected chi connectivity index (χ2v) is 6.52. The van der Waals surface area contributed by atoms with Crippen molar-refractivity contribution < 1.29 is 17.9 Å². The summed E-state index contributed by atoms with van der Waals surface area (Å²) in [6.45, 7) is 2.24. The van der Waals surface area contributed by atoms with Crippen molar-refractivity contribution in [3.05, 3.63) is 17.2 Å². The van der Waals surface area contributed by atoms with Crippen LogP contribution in [-0.2, 0) is 10.2 Å². The Hall–Kier alpha value is -1.22. The van der Waals surface area contributed by atoms with Crippen molar-refractivity contribution in [3.63, 3.8) is 0 Å². The molecule has 7 nitrogen and oxygen atoms in total. The number of ether oxygens (including phenoxy) is 2. The number of nitrogens with zero attached hydrogens (tertiary/aromatic N) is 1. The van der Waals surface area contributed by atoms with E-state index in [1.807, 2.05) is 0 Å². The second kappa shape index (κ2) is 5.28. The lowest BCUT2D eigenvalue weighted by molar-refractivity contribution is 0.174. The summed E-state index contributed by atoms with van der Waals surface area (Å²) < 4.78 is 38.8. The van der Waals surface area contributed by atoms with E-state index in [1.54, 1.807) is 6.07 Å². The van der Waals surface area contributed by atoms with E-state index in [0.717, 1.165) is 0 Å². The molecule has 110 valence electrons. The molecule has 0 aromatic heterocycles. The largest absolute Gasteiger partial charge is 0.454 e. The van der Waals surface area contributed by atoms with Crippen LogP contribution in [0.25, 0.3) is 0 Å². The summed E-state index contributed by atoms with van der Waals surface area (Å²) in [7, 11) is -3.61. The third-order valence-corrected chi connectivity index (χ3v) is 4.95. The van der Waals surface area contributed by atoms with Crippen LogP contribution < -0.4 is 19.5 Å². The Bertz CT molecular complexity index is 616. The van der Waals surface area contributed by atoms with Gasteiger partial charge in [0.05, 0.1) is 10.7 Å². The molecule has 1 aromatic carbocycles. The second-order valence-electron chi connectivity index (χ2n) is 4.44. The molecule has 0 atom stereocenters. The summed E-state index contributed by atoms with van der Waals surface area (Å²) in [6.07, 6.45) is 0. The molecule has 9 heteroatoms. The van der Waals surface area contributed by atoms with Crippen molar-refractivity contribution in [2.45, 2.75) is 0 Å². The van der Waals surface area contributed by atoms with Gasteiger partial charge in [-0.2, -0.15) is 12.7 Å². The summed E-state index contributed by atoms with van der Waals surface area (Å²) in [4.78, 5) is 0. The maximum absolute atomic E-state index is 12.3. The standard InChI is InChI=1S/C11H14ClN3O4S/c12-8-5-10-11(19-7-18-10)6-9(8)14-20(16,17)15-3-1-13-2-4-15/h5-6,13-14H,1-4,7H2. The van der Waals surface area contributed by atoms with Crippen LogP contribution in [0.1, 0.15) is 0 Å². The monoisotopic (exact) mass is 319 g/mol. The summed E-state index contributed by atoms with van der Waals surface area (Å²) in [5, 5.41) is 3.37. The van der Waals surface area contributed by atoms with Crippen LogP contribution in [0.15, 0.2) is 12.1 Å². The molecule has 0 saturated carbocycles. The first kappa shape index (κ1) is 13.7. The number of anilines is 1. The van der Waals surface area contributed by atoms with Crippen LogP contribution >= 0.6 is 11.6 Å². The molecule has 2 heterocycles. The number of piperazine rings is 1. The molecule has 0 bridgehead atoms. The van der Waals surface area contributed by atoms with Crippen molar-refractivity contribution >= 4 is 27.5 Å². The minimum atomic E-state index is -3.61. The highest BCUT2D eigenvalue weighted by Crippen LogP contribution is 2.39. The van der Waals surface area contributed by atoms with Crippen LogP contribution in [0.5, 0.6) is 11.5 Å². The lowest BCUT2D eigenvalue weighted by Gasteiger charge is -2.27. The third kappa shape index (κ3) is 2.64. The fraction of sp³-hybridized carbons (Fsp3) is 0.455. The van der Waals surface area contributed by atoms with Gasteiger partial charge in [0.1, 0.15) is 0 Å². The minimum Gasteiger partial charge on any atom is -0.454 e. The van der Waals surface area contributed by atoms with Crippen LogP contribution in [0.4, 0.5) is 5.69 Å². The van der Waals surface area contributed by atoms with Gasteiger partial charge >= 0.3 is 10.2 Å². The van der Waals surface area contributed by atoms with Crippen LogP contribution in [0.3, 0.4) is 0 Å². The van der Waals surface area contributed by atoms with Crippen LogP contribution in [0, 0.1) is 0 Å². The highest BCUT2D eigenvalue weighted by atomic mass is 35.5. The zero-order valence-electron chi connectivity index (χ0n) is 10.6. The molecule has 2 aliphatic heterocycles. The molecular formula is C11H14ClN3O4S. The van der Waals surface area contributed by atoms with Gasteiger partial charge in [0.25, 0.3) is 0 Å². The van der Waals surface area contributed by atoms with Crippen molar-refractivity contribution in [3.8, 4) is 11.5 Å². The average molecular weight is 320 g/mol. The SMILES string of the molecule is O=S(=O)(Nc1cc2c(cc1Cl)OCO2)N1CCNCC1. The van der Waals surface area contributed by atoms with E-state index in [0.29, 0.717) is 37.7 Å². The highest BCUT2D eigenvalue weighted by Gasteiger charge is 2.25. The fourth-order valence-electron chi connectivity index (χ4n) is 2.08. The van der Waals surface area contributed by atoms with Gasteiger partial charge in [-0.15, -0.1) is 0 Å². The Morgan fingerprint density at radius 1 is 1.20 bits per heavy atom. The van der Waals surface area contributed by atoms with Gasteiger partial charge in [-0.25, -0.2) is 0 Å². The lowest BCUT2D eigenvalue weighted by Crippen LogP contribution is -2.48. The van der Waals surface area contributed by atoms with Crippen LogP contribution in [0.2, 0.25) is 5.02 Å². The fourth-order valence-corrected chi connectivity index (χ4v) is 3.58. The average Bonchev–Trinajstić information content (AvgIpc) is 2.87. The summed E-state index contributed by atoms with van der Waals surface area (Å²) in [5.41, 5.74) is 0.287. The summed E-state index contributed by atoms with van der Waals surface area (Å²) >= 11 is 6.06. The number of nitrogens with one attached hydrogen (secondary N) is 2. The van der Waals surface area contributed by atoms with Gasteiger partial charge in [0.2, 0.25) is 6.79 Å². The molecule has 2 N–H and O–H groups in total. The molecule has 0 unspecified atom stereocenters. The number of rotatable bonds is 3. The normalized spacial score (nSPS) is 19.1. The predicted octanol–water partition coefficient (Wildman–Crippen LogP) is 0.631. The molecule has 1 fully saturated rings. The Morgan fingerprint density at radius 3 is 2.55 bits per heavy atom. The van der Waals surface area contributed by atoms with Crippen molar-refractivity contribution in [2.24, 2.45) is 0 Å². The number of fused-ring (bicyclic) bond motifs is 1. The maximum atomic E-state index is 12.3. The molecule has 3 rings (SSSR count). The van der Waals surface area contributed by atoms with E-state index in [2.05, 4.69) is 10.0 Å². The summed E-state index contributed by atoms with van der Waals surface area (Å²) in [6, 6.07) is 3.07. The van der Waals surface area contributed by atoms with E-state index in [9.17, 15) is 8.42 Å². The molecule has 0 radical (unpaired) electrons. The summed E-state index contributed by atoms with van der Waals surface area (Å²) in [5.74, 6) is 0.993. The van der Waals surface area contributed by atoms with Gasteiger partial charge < -0.3 is 14.8 Å². The number of benzene rings is 1. The van der Waals surface area contributed by atoms with Crippen molar-refractivity contribution in [1.29, 1.82) is 0 Å². The smallest absolute Gasteiger partial charge is 0.301 e. The minimum absolute atomic E-state index is 0.111. The molecule has 1 saturated heterocycles. The zero-order valence-corrected chi connectivity index (χ0v) is 12.1. The molecular weight excluding hydrogens is 306 g/mol. The van der Waals surface area contributed by atoms with E-state index in [1.165, 1.54) is 10.4 Å². The van der Waals surface area contributed by atoms with E-state index < -0.39 is 10.2 Å². The molecule has 20 heavy (non-hydrogen) atoms. The maximum Gasteiger partial charge on any atom is 0.301 e. The first-order valence-electron chi connectivity index (χ1n) is 6.14. The molecule has 0 spiro atoms. The van der Waals surface area contributed by atoms with Gasteiger partial charge in [-0.05, 0) is 0 Å². The molecule has 0 aliphatic carbocycles. The first-order valence-corrected chi connectivity index (χ1v) is 7.96. The van der Waals surface area contributed by atoms with Gasteiger partial charge in [0.15, 0.2) is 11.5 Å². The number of hydrogen-bond donors (Lipinski definition) is 2. The first-order chi connectivity index (χ1) is 9.56. The van der Waals surface area contributed by atoms with E-state index >= 15 is 0 Å². The molecule has 0 amide bonds. The number of hydrogen-bond acceptors (Lipinski definition) is 5. The Labute approximate surface area is 122 Å². The van der Waals surface area contributed by atoms with Crippen molar-refractivity contribution in [1.82, 2.24) is 9.62 Å². The Balaban J connectivity index is 1.83. The lowest BCUT2D eigenvalue weighted by atomic mass is 10.3. The highest BCUT2D eigenvalue weighted by molar-refractivity contribution is 7.90. The third-order valence-electron chi connectivity index (χ3n) is 3.12. The van der Waals surface area contributed by atoms with E-state index in [4.69, 9.17) is 21.1 Å². The predicted molar refractivity (Wildman–Crippen MR) is 74.6 cm³/mol. The quantitative estimate of drug-likeness (QED) is 0.854. The molecule has 1 aromatic rings. The number of halogens is 1. The van der Waals surface area contributed by atoms with Crippen molar-refractivity contribution in [2.75, 3.05) is 37.7 Å². The zero-order chi connectivity index (χ0) is 14.2. The Kier molecular flexibility index (Phi) is 3.63. The van der Waals surface area contributed by atoms with Gasteiger partial charge in [-0.1, -0.05) is 11.6 Å². The van der Waals surface area contributed by atoms with Gasteiger partial charge in [-0.3, -0.25) is 4.72 Å². The molecule has 2 aliphatic rings. The van der Waals surface area contributed by atoms with Crippen LogP contribution in [-0.4, -0.2) is 45.7 Å².